The van der Waals surface area contributed by atoms with Gasteiger partial charge in [-0.2, -0.15) is 10.2 Å². The van der Waals surface area contributed by atoms with E-state index in [1.54, 1.807) is 35.1 Å². The number of nitrogens with zero attached hydrogens (tertiary/aromatic N) is 6. The van der Waals surface area contributed by atoms with E-state index >= 15 is 0 Å². The molecule has 4 heterocycles. The largest absolute Gasteiger partial charge is 0.447 e. The smallest absolute Gasteiger partial charge is 0.416 e. The fourth-order valence-corrected chi connectivity index (χ4v) is 3.95. The summed E-state index contributed by atoms with van der Waals surface area (Å²) in [5.74, 6) is 0.702. The molecule has 1 atom stereocenters. The second kappa shape index (κ2) is 7.52. The Hall–Kier alpha value is -4.60. The van der Waals surface area contributed by atoms with Crippen molar-refractivity contribution in [2.75, 3.05) is 11.5 Å². The Morgan fingerprint density at radius 1 is 1.03 bits per heavy atom. The Balaban J connectivity index is 1.38. The first kappa shape index (κ1) is 19.1. The molecule has 1 aliphatic heterocycles. The van der Waals surface area contributed by atoms with Crippen molar-refractivity contribution in [2.45, 2.75) is 6.04 Å². The zero-order valence-electron chi connectivity index (χ0n) is 17.1. The van der Waals surface area contributed by atoms with E-state index in [0.29, 0.717) is 17.3 Å². The van der Waals surface area contributed by atoms with Crippen LogP contribution in [0.15, 0.2) is 73.3 Å². The number of cyclic esters (lactones) is 1. The van der Waals surface area contributed by atoms with E-state index in [4.69, 9.17) is 9.72 Å². The van der Waals surface area contributed by atoms with Crippen LogP contribution in [0.3, 0.4) is 0 Å². The SMILES string of the molecule is O=C1OCC(c2ccc(F)cc2)N1c1ccn2ncc(-c3ccc(-c4nc[nH]n4)cc3)c2n1. The molecule has 33 heavy (non-hydrogen) atoms. The summed E-state index contributed by atoms with van der Waals surface area (Å²) in [5, 5.41) is 11.2. The van der Waals surface area contributed by atoms with Crippen LogP contribution in [0.4, 0.5) is 15.0 Å². The molecule has 0 aliphatic carbocycles. The summed E-state index contributed by atoms with van der Waals surface area (Å²) >= 11 is 0. The van der Waals surface area contributed by atoms with Crippen molar-refractivity contribution in [1.82, 2.24) is 29.8 Å². The summed E-state index contributed by atoms with van der Waals surface area (Å²) in [6.07, 6.45) is 4.50. The number of anilines is 1. The van der Waals surface area contributed by atoms with Gasteiger partial charge in [-0.15, -0.1) is 0 Å². The number of ether oxygens (including phenoxy) is 1. The van der Waals surface area contributed by atoms with Crippen LogP contribution in [-0.2, 0) is 4.74 Å². The van der Waals surface area contributed by atoms with Crippen molar-refractivity contribution in [3.63, 3.8) is 0 Å². The molecule has 0 saturated carbocycles. The van der Waals surface area contributed by atoms with Crippen LogP contribution >= 0.6 is 0 Å². The van der Waals surface area contributed by atoms with E-state index in [9.17, 15) is 9.18 Å². The van der Waals surface area contributed by atoms with Gasteiger partial charge in [0, 0.05) is 17.3 Å². The Labute approximate surface area is 186 Å². The lowest BCUT2D eigenvalue weighted by atomic mass is 10.1. The molecule has 1 aliphatic rings. The number of H-pyrrole nitrogens is 1. The molecule has 2 aromatic carbocycles. The summed E-state index contributed by atoms with van der Waals surface area (Å²) in [4.78, 5) is 22.9. The molecule has 9 nitrogen and oxygen atoms in total. The first-order valence-corrected chi connectivity index (χ1v) is 10.2. The molecule has 1 N–H and O–H groups in total. The van der Waals surface area contributed by atoms with Gasteiger partial charge in [-0.3, -0.25) is 10.00 Å². The van der Waals surface area contributed by atoms with E-state index in [1.165, 1.54) is 23.4 Å². The number of halogens is 1. The first-order chi connectivity index (χ1) is 16.2. The van der Waals surface area contributed by atoms with E-state index in [-0.39, 0.29) is 12.4 Å². The third-order valence-corrected chi connectivity index (χ3v) is 5.60. The van der Waals surface area contributed by atoms with Gasteiger partial charge in [-0.05, 0) is 29.3 Å². The van der Waals surface area contributed by atoms with Gasteiger partial charge < -0.3 is 4.74 Å². The minimum Gasteiger partial charge on any atom is -0.447 e. The van der Waals surface area contributed by atoms with Gasteiger partial charge in [0.05, 0.1) is 6.20 Å². The average Bonchev–Trinajstić information content (AvgIpc) is 3.59. The second-order valence-corrected chi connectivity index (χ2v) is 7.53. The van der Waals surface area contributed by atoms with Crippen molar-refractivity contribution in [1.29, 1.82) is 0 Å². The number of rotatable bonds is 4. The molecular weight excluding hydrogens is 425 g/mol. The molecule has 10 heteroatoms. The van der Waals surface area contributed by atoms with Gasteiger partial charge >= 0.3 is 6.09 Å². The van der Waals surface area contributed by atoms with Crippen LogP contribution in [0.25, 0.3) is 28.2 Å². The number of amides is 1. The number of benzene rings is 2. The topological polar surface area (TPSA) is 101 Å². The number of fused-ring (bicyclic) bond motifs is 1. The number of hydrogen-bond donors (Lipinski definition) is 1. The molecule has 1 amide bonds. The number of carbonyl (C=O) groups excluding carboxylic acids is 1. The van der Waals surface area contributed by atoms with Crippen molar-refractivity contribution in [3.05, 3.63) is 84.7 Å². The molecule has 6 rings (SSSR count). The monoisotopic (exact) mass is 441 g/mol. The highest BCUT2D eigenvalue weighted by Crippen LogP contribution is 2.33. The highest BCUT2D eigenvalue weighted by atomic mass is 19.1. The van der Waals surface area contributed by atoms with Crippen molar-refractivity contribution < 1.29 is 13.9 Å². The van der Waals surface area contributed by atoms with E-state index in [2.05, 4.69) is 20.3 Å². The molecule has 162 valence electrons. The number of nitrogens with one attached hydrogen (secondary N) is 1. The predicted octanol–water partition coefficient (Wildman–Crippen LogP) is 4.02. The Bertz CT molecular complexity index is 1450. The number of aromatic amines is 1. The van der Waals surface area contributed by atoms with Gasteiger partial charge in [0.2, 0.25) is 0 Å². The van der Waals surface area contributed by atoms with Crippen LogP contribution in [0.5, 0.6) is 0 Å². The standard InChI is InChI=1S/C23H16FN7O2/c24-17-7-5-15(6-8-17)19-12-33-23(32)31(19)20-9-10-30-22(28-20)18(11-27-30)14-1-3-16(4-2-14)21-25-13-26-29-21/h1-11,13,19H,12H2,(H,25,26,29). The fourth-order valence-electron chi connectivity index (χ4n) is 3.95. The Morgan fingerprint density at radius 2 is 1.82 bits per heavy atom. The van der Waals surface area contributed by atoms with Crippen LogP contribution < -0.4 is 4.90 Å². The lowest BCUT2D eigenvalue weighted by Crippen LogP contribution is -2.28. The normalized spacial score (nSPS) is 15.8. The Morgan fingerprint density at radius 3 is 2.58 bits per heavy atom. The lowest BCUT2D eigenvalue weighted by molar-refractivity contribution is 0.179. The zero-order valence-corrected chi connectivity index (χ0v) is 17.1. The molecule has 1 unspecified atom stereocenters. The number of aromatic nitrogens is 6. The predicted molar refractivity (Wildman–Crippen MR) is 117 cm³/mol. The minimum atomic E-state index is -0.502. The van der Waals surface area contributed by atoms with Gasteiger partial charge in [-0.25, -0.2) is 23.7 Å². The molecule has 1 saturated heterocycles. The molecule has 3 aromatic heterocycles. The highest BCUT2D eigenvalue weighted by Gasteiger charge is 2.36. The number of carbonyl (C=O) groups is 1. The molecule has 1 fully saturated rings. The van der Waals surface area contributed by atoms with Crippen LogP contribution in [0, 0.1) is 5.82 Å². The van der Waals surface area contributed by atoms with Crippen LogP contribution in [-0.4, -0.2) is 42.5 Å². The molecule has 0 bridgehead atoms. The van der Waals surface area contributed by atoms with E-state index in [1.807, 2.05) is 24.3 Å². The maximum Gasteiger partial charge on any atom is 0.416 e. The third-order valence-electron chi connectivity index (χ3n) is 5.60. The quantitative estimate of drug-likeness (QED) is 0.452. The Kier molecular flexibility index (Phi) is 4.35. The van der Waals surface area contributed by atoms with Crippen molar-refractivity contribution in [2.24, 2.45) is 0 Å². The molecule has 0 radical (unpaired) electrons. The molecular formula is C23H16FN7O2. The van der Waals surface area contributed by atoms with Crippen molar-refractivity contribution >= 4 is 17.6 Å². The van der Waals surface area contributed by atoms with Gasteiger partial charge in [0.15, 0.2) is 11.5 Å². The maximum atomic E-state index is 13.4. The minimum absolute atomic E-state index is 0.159. The second-order valence-electron chi connectivity index (χ2n) is 7.53. The average molecular weight is 441 g/mol. The summed E-state index contributed by atoms with van der Waals surface area (Å²) in [5.41, 5.74) is 3.96. The molecule has 0 spiro atoms. The van der Waals surface area contributed by atoms with Crippen LogP contribution in [0.1, 0.15) is 11.6 Å². The zero-order chi connectivity index (χ0) is 22.4. The summed E-state index contributed by atoms with van der Waals surface area (Å²) in [6.45, 7) is 0.159. The van der Waals surface area contributed by atoms with E-state index < -0.39 is 12.1 Å². The fraction of sp³-hybridized carbons (Fsp3) is 0.0870. The van der Waals surface area contributed by atoms with Crippen LogP contribution in [0.2, 0.25) is 0 Å². The van der Waals surface area contributed by atoms with Gasteiger partial charge in [0.25, 0.3) is 0 Å². The lowest BCUT2D eigenvalue weighted by Gasteiger charge is -2.20. The van der Waals surface area contributed by atoms with Gasteiger partial charge in [-0.1, -0.05) is 36.4 Å². The van der Waals surface area contributed by atoms with Gasteiger partial charge in [0.1, 0.15) is 30.6 Å². The summed E-state index contributed by atoms with van der Waals surface area (Å²) in [6, 6.07) is 15.1. The van der Waals surface area contributed by atoms with Crippen molar-refractivity contribution in [3.8, 4) is 22.5 Å². The summed E-state index contributed by atoms with van der Waals surface area (Å²) < 4.78 is 20.3. The third kappa shape index (κ3) is 3.28. The summed E-state index contributed by atoms with van der Waals surface area (Å²) in [7, 11) is 0. The van der Waals surface area contributed by atoms with E-state index in [0.717, 1.165) is 22.3 Å². The molecule has 5 aromatic rings. The maximum absolute atomic E-state index is 13.4. The first-order valence-electron chi connectivity index (χ1n) is 10.2. The number of hydrogen-bond acceptors (Lipinski definition) is 6. The highest BCUT2D eigenvalue weighted by molar-refractivity contribution is 5.90.